The number of amides is 2. The molecule has 1 saturated carbocycles. The van der Waals surface area contributed by atoms with Crippen LogP contribution in [0.1, 0.15) is 57.8 Å². The van der Waals surface area contributed by atoms with E-state index in [2.05, 4.69) is 30.9 Å². The van der Waals surface area contributed by atoms with Crippen molar-refractivity contribution in [3.63, 3.8) is 0 Å². The summed E-state index contributed by atoms with van der Waals surface area (Å²) >= 11 is 13.1. The Kier molecular flexibility index (Phi) is 10.0. The molecule has 1 aliphatic heterocycles. The molecule has 1 aliphatic carbocycles. The van der Waals surface area contributed by atoms with E-state index in [0.29, 0.717) is 22.6 Å². The van der Waals surface area contributed by atoms with Crippen molar-refractivity contribution >= 4 is 52.4 Å². The average molecular weight is 688 g/mol. The molecule has 1 aromatic carbocycles. The molecule has 3 N–H and O–H groups in total. The van der Waals surface area contributed by atoms with Crippen molar-refractivity contribution in [3.8, 4) is 5.88 Å². The Morgan fingerprint density at radius 1 is 1.13 bits per heavy atom. The van der Waals surface area contributed by atoms with Crippen LogP contribution < -0.4 is 20.7 Å². The van der Waals surface area contributed by atoms with Crippen LogP contribution in [-0.4, -0.2) is 57.4 Å². The Morgan fingerprint density at radius 3 is 2.52 bits per heavy atom. The van der Waals surface area contributed by atoms with E-state index in [-0.39, 0.29) is 71.8 Å². The first-order valence-electron chi connectivity index (χ1n) is 14.2. The van der Waals surface area contributed by atoms with Crippen molar-refractivity contribution < 1.29 is 36.3 Å². The summed E-state index contributed by atoms with van der Waals surface area (Å²) in [6, 6.07) is 4.11. The first-order chi connectivity index (χ1) is 21.8. The summed E-state index contributed by atoms with van der Waals surface area (Å²) in [5.74, 6) is -2.28. The van der Waals surface area contributed by atoms with Crippen LogP contribution in [0.2, 0.25) is 10.0 Å². The minimum atomic E-state index is -4.30. The van der Waals surface area contributed by atoms with Crippen LogP contribution >= 0.6 is 23.2 Å². The maximum atomic E-state index is 13.2. The van der Waals surface area contributed by atoms with Gasteiger partial charge in [-0.25, -0.2) is 18.8 Å². The normalized spacial score (nSPS) is 17.8. The van der Waals surface area contributed by atoms with Gasteiger partial charge < -0.3 is 25.3 Å². The summed E-state index contributed by atoms with van der Waals surface area (Å²) in [6.07, 6.45) is -3.91. The van der Waals surface area contributed by atoms with Crippen molar-refractivity contribution in [2.24, 2.45) is 18.0 Å². The standard InChI is InChI=1S/C29H28Cl2F5N7O3/c1-43-9-8-37-25(43)27(45)38-12-14-2-7-19(30)23(22(14)31)40-21-11-15-10-18(28(42-24(15)41-21)46-13-20(32)33)26(44)39-17-5-3-16(4-6-17)29(34,35)36/h2,7-10,16-17,20H,3-6,11-13H2,1H3,(H,38,45)(H,39,44)(H,40,41,42). The fourth-order valence-corrected chi connectivity index (χ4v) is 5.78. The third kappa shape index (κ3) is 7.69. The maximum Gasteiger partial charge on any atom is 0.391 e. The Bertz CT molecular complexity index is 1660. The van der Waals surface area contributed by atoms with Crippen LogP contribution in [0.25, 0.3) is 0 Å². The Hall–Kier alpha value is -3.98. The average Bonchev–Trinajstić information content (AvgIpc) is 3.61. The number of imidazole rings is 1. The minimum absolute atomic E-state index is 0.0613. The van der Waals surface area contributed by atoms with Crippen molar-refractivity contribution in [1.29, 1.82) is 0 Å². The predicted molar refractivity (Wildman–Crippen MR) is 160 cm³/mol. The zero-order chi connectivity index (χ0) is 33.2. The number of aliphatic imine (C=N–C) groups is 1. The molecule has 2 aliphatic rings. The number of anilines is 1. The number of fused-ring (bicyclic) bond motifs is 1. The van der Waals surface area contributed by atoms with Crippen LogP contribution in [0.4, 0.5) is 33.5 Å². The molecular weight excluding hydrogens is 660 g/mol. The van der Waals surface area contributed by atoms with Gasteiger partial charge in [0.15, 0.2) is 18.2 Å². The lowest BCUT2D eigenvalue weighted by atomic mass is 9.85. The first kappa shape index (κ1) is 33.4. The molecule has 0 unspecified atom stereocenters. The highest BCUT2D eigenvalue weighted by atomic mass is 35.5. The number of ether oxygens (including phenoxy) is 1. The van der Waals surface area contributed by atoms with E-state index in [1.54, 1.807) is 29.9 Å². The molecule has 1 fully saturated rings. The van der Waals surface area contributed by atoms with Crippen molar-refractivity contribution in [1.82, 2.24) is 25.2 Å². The fourth-order valence-electron chi connectivity index (χ4n) is 5.25. The van der Waals surface area contributed by atoms with Crippen LogP contribution in [-0.2, 0) is 20.0 Å². The summed E-state index contributed by atoms with van der Waals surface area (Å²) in [5.41, 5.74) is 1.15. The van der Waals surface area contributed by atoms with Crippen LogP contribution in [0.5, 0.6) is 5.88 Å². The topological polar surface area (TPSA) is 123 Å². The summed E-state index contributed by atoms with van der Waals surface area (Å²) in [4.78, 5) is 38.3. The van der Waals surface area contributed by atoms with Gasteiger partial charge in [0.1, 0.15) is 11.4 Å². The number of aromatic nitrogens is 3. The van der Waals surface area contributed by atoms with E-state index in [9.17, 15) is 31.5 Å². The molecule has 46 heavy (non-hydrogen) atoms. The van der Waals surface area contributed by atoms with Gasteiger partial charge in [0, 0.05) is 44.0 Å². The Balaban J connectivity index is 1.30. The zero-order valence-electron chi connectivity index (χ0n) is 24.2. The van der Waals surface area contributed by atoms with Gasteiger partial charge in [-0.1, -0.05) is 29.3 Å². The summed E-state index contributed by atoms with van der Waals surface area (Å²) < 4.78 is 71.9. The molecule has 5 rings (SSSR count). The lowest BCUT2D eigenvalue weighted by Gasteiger charge is -2.30. The second kappa shape index (κ2) is 13.8. The quantitative estimate of drug-likeness (QED) is 0.229. The molecule has 2 amide bonds. The number of carbonyl (C=O) groups excluding carboxylic acids is 2. The molecule has 0 bridgehead atoms. The van der Waals surface area contributed by atoms with Gasteiger partial charge in [-0.15, -0.1) is 0 Å². The lowest BCUT2D eigenvalue weighted by Crippen LogP contribution is -2.40. The molecule has 3 heterocycles. The molecule has 3 aromatic rings. The SMILES string of the molecule is Cn1ccnc1C(=O)NCc1ccc(Cl)c(NC2=Nc3nc(OCC(F)F)c(C(=O)NC4CCC(C(F)(F)F)CC4)cc3C2)c1Cl. The molecule has 2 aromatic heterocycles. The second-order valence-corrected chi connectivity index (χ2v) is 11.7. The van der Waals surface area contributed by atoms with Crippen molar-refractivity contribution in [2.45, 2.75) is 57.3 Å². The van der Waals surface area contributed by atoms with Gasteiger partial charge in [-0.2, -0.15) is 18.2 Å². The molecule has 0 atom stereocenters. The number of amidine groups is 1. The molecule has 0 spiro atoms. The number of pyridine rings is 1. The number of rotatable bonds is 9. The Labute approximate surface area is 269 Å². The predicted octanol–water partition coefficient (Wildman–Crippen LogP) is 6.24. The van der Waals surface area contributed by atoms with Crippen LogP contribution in [0, 0.1) is 5.92 Å². The lowest BCUT2D eigenvalue weighted by molar-refractivity contribution is -0.182. The molecular formula is C29H28Cl2F5N7O3. The largest absolute Gasteiger partial charge is 0.471 e. The molecule has 246 valence electrons. The number of halogens is 7. The number of nitrogens with one attached hydrogen (secondary N) is 3. The van der Waals surface area contributed by atoms with Gasteiger partial charge in [-0.3, -0.25) is 9.59 Å². The number of hydrogen-bond acceptors (Lipinski definition) is 7. The number of carbonyl (C=O) groups is 2. The molecule has 0 radical (unpaired) electrons. The van der Waals surface area contributed by atoms with Crippen molar-refractivity contribution in [3.05, 3.63) is 63.2 Å². The van der Waals surface area contributed by atoms with E-state index >= 15 is 0 Å². The Morgan fingerprint density at radius 2 is 1.87 bits per heavy atom. The van der Waals surface area contributed by atoms with Gasteiger partial charge in [0.05, 0.1) is 21.7 Å². The van der Waals surface area contributed by atoms with Gasteiger partial charge in [-0.05, 0) is 43.4 Å². The zero-order valence-corrected chi connectivity index (χ0v) is 25.7. The van der Waals surface area contributed by atoms with Crippen molar-refractivity contribution in [2.75, 3.05) is 11.9 Å². The number of aryl methyl sites for hydroxylation is 1. The van der Waals surface area contributed by atoms with E-state index in [1.165, 1.54) is 12.3 Å². The maximum absolute atomic E-state index is 13.2. The summed E-state index contributed by atoms with van der Waals surface area (Å²) in [5, 5.41) is 8.95. The van der Waals surface area contributed by atoms with Crippen LogP contribution in [0.15, 0.2) is 35.6 Å². The third-order valence-corrected chi connectivity index (χ3v) is 8.41. The monoisotopic (exact) mass is 687 g/mol. The van der Waals surface area contributed by atoms with Gasteiger partial charge in [0.2, 0.25) is 5.88 Å². The van der Waals surface area contributed by atoms with Crippen LogP contribution in [0.3, 0.4) is 0 Å². The van der Waals surface area contributed by atoms with E-state index in [1.807, 2.05) is 0 Å². The number of alkyl halides is 5. The first-order valence-corrected chi connectivity index (χ1v) is 14.9. The molecule has 0 saturated heterocycles. The number of hydrogen-bond donors (Lipinski definition) is 3. The summed E-state index contributed by atoms with van der Waals surface area (Å²) in [7, 11) is 1.68. The highest BCUT2D eigenvalue weighted by molar-refractivity contribution is 6.40. The van der Waals surface area contributed by atoms with E-state index in [4.69, 9.17) is 27.9 Å². The smallest absolute Gasteiger partial charge is 0.391 e. The van der Waals surface area contributed by atoms with E-state index in [0.717, 1.165) is 0 Å². The number of benzene rings is 1. The van der Waals surface area contributed by atoms with Gasteiger partial charge >= 0.3 is 6.18 Å². The molecule has 10 nitrogen and oxygen atoms in total. The fraction of sp³-hybridized carbons (Fsp3) is 0.414. The number of nitrogens with zero attached hydrogens (tertiary/aromatic N) is 4. The van der Waals surface area contributed by atoms with Gasteiger partial charge in [0.25, 0.3) is 18.2 Å². The third-order valence-electron chi connectivity index (χ3n) is 7.66. The second-order valence-electron chi connectivity index (χ2n) is 10.9. The summed E-state index contributed by atoms with van der Waals surface area (Å²) in [6.45, 7) is -0.974. The molecule has 17 heteroatoms. The highest BCUT2D eigenvalue weighted by Crippen LogP contribution is 2.39. The minimum Gasteiger partial charge on any atom is -0.471 e. The highest BCUT2D eigenvalue weighted by Gasteiger charge is 2.41. The van der Waals surface area contributed by atoms with E-state index < -0.39 is 43.0 Å².